The van der Waals surface area contributed by atoms with Crippen LogP contribution in [0.25, 0.3) is 17.1 Å². The fourth-order valence-electron chi connectivity index (χ4n) is 2.66. The number of aromatic nitrogens is 2. The molecular weight excluding hydrogens is 332 g/mol. The molecule has 0 spiro atoms. The monoisotopic (exact) mass is 352 g/mol. The number of para-hydroxylation sites is 3. The van der Waals surface area contributed by atoms with E-state index in [2.05, 4.69) is 14.9 Å². The van der Waals surface area contributed by atoms with E-state index >= 15 is 0 Å². The molecule has 7 heteroatoms. The maximum atomic E-state index is 11.2. The number of hydrogen-bond donors (Lipinski definition) is 3. The number of rotatable bonds is 7. The summed E-state index contributed by atoms with van der Waals surface area (Å²) in [6, 6.07) is 15.4. The zero-order chi connectivity index (χ0) is 18.4. The average molecular weight is 352 g/mol. The van der Waals surface area contributed by atoms with Crippen LogP contribution in [0.1, 0.15) is 5.56 Å². The van der Waals surface area contributed by atoms with Crippen LogP contribution in [0.5, 0.6) is 0 Å². The summed E-state index contributed by atoms with van der Waals surface area (Å²) >= 11 is 0. The first kappa shape index (κ1) is 17.7. The highest BCUT2D eigenvalue weighted by molar-refractivity contribution is 5.92. The smallest absolute Gasteiger partial charge is 0.267 e. The van der Waals surface area contributed by atoms with E-state index in [-0.39, 0.29) is 0 Å². The van der Waals surface area contributed by atoms with Crippen LogP contribution in [-0.2, 0) is 16.1 Å². The van der Waals surface area contributed by atoms with Crippen molar-refractivity contribution in [1.29, 1.82) is 0 Å². The van der Waals surface area contributed by atoms with Crippen LogP contribution in [0.2, 0.25) is 0 Å². The van der Waals surface area contributed by atoms with E-state index in [0.29, 0.717) is 19.1 Å². The first-order valence-electron chi connectivity index (χ1n) is 8.15. The summed E-state index contributed by atoms with van der Waals surface area (Å²) in [5.41, 5.74) is 5.07. The Morgan fingerprint density at radius 3 is 2.81 bits per heavy atom. The second kappa shape index (κ2) is 8.28. The number of ether oxygens (including phenoxy) is 1. The minimum atomic E-state index is -0.591. The van der Waals surface area contributed by atoms with Gasteiger partial charge in [-0.1, -0.05) is 30.3 Å². The molecule has 0 saturated carbocycles. The Morgan fingerprint density at radius 1 is 1.23 bits per heavy atom. The molecule has 0 bridgehead atoms. The van der Waals surface area contributed by atoms with Gasteiger partial charge in [-0.3, -0.25) is 10.0 Å². The predicted molar refractivity (Wildman–Crippen MR) is 100 cm³/mol. The van der Waals surface area contributed by atoms with Crippen LogP contribution >= 0.6 is 0 Å². The Morgan fingerprint density at radius 2 is 2.00 bits per heavy atom. The molecule has 3 rings (SSSR count). The lowest BCUT2D eigenvalue weighted by Gasteiger charge is -2.12. The number of nitrogens with zero attached hydrogens (tertiary/aromatic N) is 2. The maximum absolute atomic E-state index is 11.2. The number of amides is 1. The number of carbonyl (C=O) groups excluding carboxylic acids is 1. The third kappa shape index (κ3) is 3.90. The van der Waals surface area contributed by atoms with Gasteiger partial charge in [0.25, 0.3) is 5.91 Å². The molecule has 3 N–H and O–H groups in total. The van der Waals surface area contributed by atoms with E-state index in [1.54, 1.807) is 18.7 Å². The van der Waals surface area contributed by atoms with Gasteiger partial charge in [-0.15, -0.1) is 0 Å². The third-order valence-electron chi connectivity index (χ3n) is 3.91. The lowest BCUT2D eigenvalue weighted by atomic mass is 10.1. The summed E-state index contributed by atoms with van der Waals surface area (Å²) in [4.78, 5) is 15.9. The molecule has 0 aliphatic heterocycles. The first-order valence-corrected chi connectivity index (χ1v) is 8.15. The van der Waals surface area contributed by atoms with Crippen molar-refractivity contribution in [3.05, 3.63) is 60.2 Å². The number of hydroxylamine groups is 1. The van der Waals surface area contributed by atoms with Crippen LogP contribution < -0.4 is 10.8 Å². The zero-order valence-corrected chi connectivity index (χ0v) is 14.3. The van der Waals surface area contributed by atoms with Gasteiger partial charge in [0.15, 0.2) is 0 Å². The van der Waals surface area contributed by atoms with E-state index in [1.807, 2.05) is 48.5 Å². The molecule has 0 atom stereocenters. The van der Waals surface area contributed by atoms with E-state index < -0.39 is 5.91 Å². The molecule has 26 heavy (non-hydrogen) atoms. The van der Waals surface area contributed by atoms with Crippen LogP contribution in [0.4, 0.5) is 11.6 Å². The Kier molecular flexibility index (Phi) is 5.62. The van der Waals surface area contributed by atoms with E-state index in [0.717, 1.165) is 22.3 Å². The molecule has 0 aliphatic carbocycles. The van der Waals surface area contributed by atoms with E-state index in [4.69, 9.17) is 9.94 Å². The molecule has 0 saturated heterocycles. The highest BCUT2D eigenvalue weighted by Gasteiger charge is 2.11. The molecule has 7 nitrogen and oxygen atoms in total. The number of carbonyl (C=O) groups is 1. The molecule has 2 aromatic carbocycles. The molecule has 1 heterocycles. The van der Waals surface area contributed by atoms with Gasteiger partial charge in [0.2, 0.25) is 5.95 Å². The number of nitrogens with one attached hydrogen (secondary N) is 2. The minimum Gasteiger partial charge on any atom is -0.383 e. The van der Waals surface area contributed by atoms with Crippen molar-refractivity contribution in [1.82, 2.24) is 15.0 Å². The molecule has 3 aromatic rings. The van der Waals surface area contributed by atoms with Crippen molar-refractivity contribution in [2.24, 2.45) is 0 Å². The van der Waals surface area contributed by atoms with Crippen molar-refractivity contribution >= 4 is 34.7 Å². The summed E-state index contributed by atoms with van der Waals surface area (Å²) in [6.45, 7) is 1.22. The zero-order valence-electron chi connectivity index (χ0n) is 14.3. The molecule has 0 unspecified atom stereocenters. The number of anilines is 2. The molecule has 0 fully saturated rings. The van der Waals surface area contributed by atoms with Crippen LogP contribution in [0.3, 0.4) is 0 Å². The molecule has 0 aliphatic rings. The Labute approximate surface area is 150 Å². The van der Waals surface area contributed by atoms with Gasteiger partial charge >= 0.3 is 0 Å². The fraction of sp³-hybridized carbons (Fsp3) is 0.158. The van der Waals surface area contributed by atoms with Crippen LogP contribution in [-0.4, -0.2) is 34.4 Å². The Hall–Kier alpha value is -3.16. The summed E-state index contributed by atoms with van der Waals surface area (Å²) in [7, 11) is 1.67. The van der Waals surface area contributed by atoms with Crippen molar-refractivity contribution in [2.75, 3.05) is 19.0 Å². The quantitative estimate of drug-likeness (QED) is 0.346. The SMILES string of the molecule is COCCn1c(Nc2ccccc2/C=C/C(=O)NO)nc2ccccc21. The average Bonchev–Trinajstić information content (AvgIpc) is 3.02. The predicted octanol–water partition coefficient (Wildman–Crippen LogP) is 2.94. The van der Waals surface area contributed by atoms with Crippen molar-refractivity contribution < 1.29 is 14.7 Å². The van der Waals surface area contributed by atoms with Crippen LogP contribution in [0.15, 0.2) is 54.6 Å². The topological polar surface area (TPSA) is 88.4 Å². The largest absolute Gasteiger partial charge is 0.383 e. The number of methoxy groups -OCH3 is 1. The minimum absolute atomic E-state index is 0.563. The van der Waals surface area contributed by atoms with E-state index in [1.165, 1.54) is 6.08 Å². The fourth-order valence-corrected chi connectivity index (χ4v) is 2.66. The van der Waals surface area contributed by atoms with Gasteiger partial charge in [-0.25, -0.2) is 10.5 Å². The van der Waals surface area contributed by atoms with Crippen molar-refractivity contribution in [2.45, 2.75) is 6.54 Å². The maximum Gasteiger partial charge on any atom is 0.267 e. The second-order valence-corrected chi connectivity index (χ2v) is 5.59. The van der Waals surface area contributed by atoms with Gasteiger partial charge < -0.3 is 14.6 Å². The van der Waals surface area contributed by atoms with Gasteiger partial charge in [0.1, 0.15) is 0 Å². The van der Waals surface area contributed by atoms with Crippen molar-refractivity contribution in [3.8, 4) is 0 Å². The number of benzene rings is 2. The summed E-state index contributed by atoms with van der Waals surface area (Å²) in [5, 5.41) is 12.0. The standard InChI is InChI=1S/C19H20N4O3/c1-26-13-12-23-17-9-5-4-8-16(17)21-19(23)20-15-7-3-2-6-14(15)10-11-18(24)22-25/h2-11,25H,12-13H2,1H3,(H,20,21)(H,22,24)/b11-10+. The molecule has 1 amide bonds. The second-order valence-electron chi connectivity index (χ2n) is 5.59. The summed E-state index contributed by atoms with van der Waals surface area (Å²) in [6.07, 6.45) is 2.88. The highest BCUT2D eigenvalue weighted by atomic mass is 16.5. The molecule has 0 radical (unpaired) electrons. The third-order valence-corrected chi connectivity index (χ3v) is 3.91. The van der Waals surface area contributed by atoms with Gasteiger partial charge in [0, 0.05) is 25.4 Å². The normalized spacial score (nSPS) is 11.2. The van der Waals surface area contributed by atoms with Gasteiger partial charge in [0.05, 0.1) is 17.6 Å². The molecule has 1 aromatic heterocycles. The lowest BCUT2D eigenvalue weighted by Crippen LogP contribution is -2.14. The number of fused-ring (bicyclic) bond motifs is 1. The summed E-state index contributed by atoms with van der Waals surface area (Å²) in [5.74, 6) is 0.0999. The van der Waals surface area contributed by atoms with Crippen molar-refractivity contribution in [3.63, 3.8) is 0 Å². The summed E-state index contributed by atoms with van der Waals surface area (Å²) < 4.78 is 7.27. The first-order chi connectivity index (χ1) is 12.7. The highest BCUT2D eigenvalue weighted by Crippen LogP contribution is 2.25. The van der Waals surface area contributed by atoms with E-state index in [9.17, 15) is 4.79 Å². The lowest BCUT2D eigenvalue weighted by molar-refractivity contribution is -0.124. The number of hydrogen-bond acceptors (Lipinski definition) is 5. The van der Waals surface area contributed by atoms with Crippen LogP contribution in [0, 0.1) is 0 Å². The van der Waals surface area contributed by atoms with Gasteiger partial charge in [-0.2, -0.15) is 0 Å². The Bertz CT molecular complexity index is 933. The van der Waals surface area contributed by atoms with Gasteiger partial charge in [-0.05, 0) is 29.8 Å². The Balaban J connectivity index is 1.96. The molecule has 134 valence electrons. The molecular formula is C19H20N4O3. The number of imidazole rings is 1.